The van der Waals surface area contributed by atoms with E-state index >= 15 is 0 Å². The summed E-state index contributed by atoms with van der Waals surface area (Å²) in [4.78, 5) is 14.2. The fourth-order valence-corrected chi connectivity index (χ4v) is 2.26. The minimum Gasteiger partial charge on any atom is -0.385 e. The molecule has 0 aliphatic carbocycles. The maximum atomic E-state index is 12.3. The van der Waals surface area contributed by atoms with Gasteiger partial charge in [-0.3, -0.25) is 9.48 Å². The lowest BCUT2D eigenvalue weighted by molar-refractivity contribution is -0.141. The quantitative estimate of drug-likeness (QED) is 0.777. The molecule has 0 saturated carbocycles. The Labute approximate surface area is 113 Å². The van der Waals surface area contributed by atoms with E-state index in [0.29, 0.717) is 26.4 Å². The van der Waals surface area contributed by atoms with E-state index in [1.165, 1.54) is 0 Å². The van der Waals surface area contributed by atoms with Gasteiger partial charge in [0.2, 0.25) is 5.91 Å². The van der Waals surface area contributed by atoms with Crippen LogP contribution >= 0.6 is 0 Å². The third-order valence-electron chi connectivity index (χ3n) is 3.26. The number of nitrogens with zero attached hydrogens (tertiary/aromatic N) is 3. The predicted octanol–water partition coefficient (Wildman–Crippen LogP) is 0.455. The Morgan fingerprint density at radius 3 is 3.16 bits per heavy atom. The second-order valence-corrected chi connectivity index (χ2v) is 4.81. The molecule has 2 heterocycles. The molecular weight excluding hydrogens is 246 g/mol. The number of aromatic nitrogens is 2. The molecule has 0 bridgehead atoms. The maximum absolute atomic E-state index is 12.3. The van der Waals surface area contributed by atoms with E-state index in [1.807, 2.05) is 18.0 Å². The molecule has 0 N–H and O–H groups in total. The number of rotatable bonds is 5. The van der Waals surface area contributed by atoms with E-state index in [2.05, 4.69) is 5.10 Å². The molecule has 1 aromatic rings. The fourth-order valence-electron chi connectivity index (χ4n) is 2.26. The highest BCUT2D eigenvalue weighted by atomic mass is 16.5. The Hall–Kier alpha value is -1.40. The second-order valence-electron chi connectivity index (χ2n) is 4.81. The molecule has 6 nitrogen and oxygen atoms in total. The van der Waals surface area contributed by atoms with Crippen molar-refractivity contribution in [1.82, 2.24) is 14.7 Å². The first-order valence-electron chi connectivity index (χ1n) is 6.56. The highest BCUT2D eigenvalue weighted by Gasteiger charge is 2.27. The zero-order valence-electron chi connectivity index (χ0n) is 11.5. The summed E-state index contributed by atoms with van der Waals surface area (Å²) in [5, 5.41) is 4.15. The smallest absolute Gasteiger partial charge is 0.244 e. The molecule has 1 aliphatic heterocycles. The van der Waals surface area contributed by atoms with Crippen molar-refractivity contribution in [1.29, 1.82) is 0 Å². The normalized spacial score (nSPS) is 19.7. The molecule has 1 unspecified atom stereocenters. The zero-order chi connectivity index (χ0) is 13.7. The van der Waals surface area contributed by atoms with Crippen LogP contribution in [0.2, 0.25) is 0 Å². The summed E-state index contributed by atoms with van der Waals surface area (Å²) in [6, 6.07) is 0.109. The van der Waals surface area contributed by atoms with Gasteiger partial charge in [-0.1, -0.05) is 0 Å². The van der Waals surface area contributed by atoms with Crippen LogP contribution in [0.1, 0.15) is 12.0 Å². The van der Waals surface area contributed by atoms with Gasteiger partial charge in [-0.05, 0) is 18.9 Å². The number of methoxy groups -OCH3 is 1. The van der Waals surface area contributed by atoms with Crippen molar-refractivity contribution in [3.05, 3.63) is 18.0 Å². The van der Waals surface area contributed by atoms with E-state index < -0.39 is 0 Å². The first-order valence-corrected chi connectivity index (χ1v) is 6.56. The number of amides is 1. The van der Waals surface area contributed by atoms with Crippen LogP contribution in [0.3, 0.4) is 0 Å². The molecule has 0 radical (unpaired) electrons. The summed E-state index contributed by atoms with van der Waals surface area (Å²) in [6.45, 7) is 4.73. The molecule has 2 rings (SSSR count). The maximum Gasteiger partial charge on any atom is 0.244 e. The average Bonchev–Trinajstić information content (AvgIpc) is 2.82. The highest BCUT2D eigenvalue weighted by Crippen LogP contribution is 2.12. The number of morpholine rings is 1. The van der Waals surface area contributed by atoms with Crippen LogP contribution in [-0.4, -0.2) is 60.1 Å². The van der Waals surface area contributed by atoms with Gasteiger partial charge in [0.1, 0.15) is 6.54 Å². The molecule has 1 atom stereocenters. The van der Waals surface area contributed by atoms with E-state index in [9.17, 15) is 4.79 Å². The van der Waals surface area contributed by atoms with E-state index in [0.717, 1.165) is 12.0 Å². The van der Waals surface area contributed by atoms with Gasteiger partial charge in [-0.15, -0.1) is 0 Å². The molecular formula is C13H21N3O3. The van der Waals surface area contributed by atoms with Crippen LogP contribution in [0, 0.1) is 6.92 Å². The van der Waals surface area contributed by atoms with Crippen molar-refractivity contribution in [3.8, 4) is 0 Å². The monoisotopic (exact) mass is 267 g/mol. The standard InChI is InChI=1S/C13H21N3O3/c1-11-7-14-15(8-11)9-13(17)16-4-6-19-10-12(16)3-5-18-2/h7-8,12H,3-6,9-10H2,1-2H3. The molecule has 1 amide bonds. The lowest BCUT2D eigenvalue weighted by Crippen LogP contribution is -2.50. The topological polar surface area (TPSA) is 56.6 Å². The number of carbonyl (C=O) groups excluding carboxylic acids is 1. The molecule has 6 heteroatoms. The number of carbonyl (C=O) groups is 1. The SMILES string of the molecule is COCCC1COCCN1C(=O)Cn1cc(C)cn1. The van der Waals surface area contributed by atoms with Crippen LogP contribution in [-0.2, 0) is 20.8 Å². The van der Waals surface area contributed by atoms with Crippen LogP contribution in [0.5, 0.6) is 0 Å². The molecule has 19 heavy (non-hydrogen) atoms. The van der Waals surface area contributed by atoms with Gasteiger partial charge in [-0.2, -0.15) is 5.10 Å². The third-order valence-corrected chi connectivity index (χ3v) is 3.26. The van der Waals surface area contributed by atoms with Gasteiger partial charge in [0.05, 0.1) is 25.5 Å². The van der Waals surface area contributed by atoms with Crippen molar-refractivity contribution in [2.24, 2.45) is 0 Å². The first-order chi connectivity index (χ1) is 9.20. The summed E-state index contributed by atoms with van der Waals surface area (Å²) in [5.74, 6) is 0.0903. The molecule has 0 aromatic carbocycles. The van der Waals surface area contributed by atoms with Crippen molar-refractivity contribution in [2.75, 3.05) is 33.5 Å². The van der Waals surface area contributed by atoms with Crippen molar-refractivity contribution in [2.45, 2.75) is 25.9 Å². The van der Waals surface area contributed by atoms with Gasteiger partial charge in [0, 0.05) is 26.5 Å². The summed E-state index contributed by atoms with van der Waals surface area (Å²) in [5.41, 5.74) is 1.06. The Morgan fingerprint density at radius 1 is 1.63 bits per heavy atom. The number of ether oxygens (including phenoxy) is 2. The molecule has 1 aromatic heterocycles. The average molecular weight is 267 g/mol. The van der Waals surface area contributed by atoms with Crippen molar-refractivity contribution in [3.63, 3.8) is 0 Å². The van der Waals surface area contributed by atoms with Crippen LogP contribution in [0.25, 0.3) is 0 Å². The third kappa shape index (κ3) is 3.78. The summed E-state index contributed by atoms with van der Waals surface area (Å²) < 4.78 is 12.2. The van der Waals surface area contributed by atoms with Gasteiger partial charge < -0.3 is 14.4 Å². The van der Waals surface area contributed by atoms with Crippen LogP contribution in [0.4, 0.5) is 0 Å². The molecule has 0 spiro atoms. The zero-order valence-corrected chi connectivity index (χ0v) is 11.5. The fraction of sp³-hybridized carbons (Fsp3) is 0.692. The summed E-state index contributed by atoms with van der Waals surface area (Å²) in [6.07, 6.45) is 4.44. The number of hydrogen-bond acceptors (Lipinski definition) is 4. The number of aryl methyl sites for hydroxylation is 1. The predicted molar refractivity (Wildman–Crippen MR) is 69.8 cm³/mol. The highest BCUT2D eigenvalue weighted by molar-refractivity contribution is 5.76. The first kappa shape index (κ1) is 14.0. The van der Waals surface area contributed by atoms with Crippen LogP contribution < -0.4 is 0 Å². The lowest BCUT2D eigenvalue weighted by Gasteiger charge is -2.35. The van der Waals surface area contributed by atoms with E-state index in [1.54, 1.807) is 18.0 Å². The van der Waals surface area contributed by atoms with Crippen LogP contribution in [0.15, 0.2) is 12.4 Å². The van der Waals surface area contributed by atoms with Gasteiger partial charge in [-0.25, -0.2) is 0 Å². The van der Waals surface area contributed by atoms with Gasteiger partial charge in [0.25, 0.3) is 0 Å². The Morgan fingerprint density at radius 2 is 2.47 bits per heavy atom. The second kappa shape index (κ2) is 6.68. The van der Waals surface area contributed by atoms with Crippen molar-refractivity contribution < 1.29 is 14.3 Å². The van der Waals surface area contributed by atoms with Gasteiger partial charge >= 0.3 is 0 Å². The largest absolute Gasteiger partial charge is 0.385 e. The molecule has 1 aliphatic rings. The Balaban J connectivity index is 1.94. The van der Waals surface area contributed by atoms with Gasteiger partial charge in [0.15, 0.2) is 0 Å². The lowest BCUT2D eigenvalue weighted by atomic mass is 10.1. The molecule has 1 saturated heterocycles. The molecule has 106 valence electrons. The summed E-state index contributed by atoms with van der Waals surface area (Å²) >= 11 is 0. The van der Waals surface area contributed by atoms with E-state index in [4.69, 9.17) is 9.47 Å². The minimum absolute atomic E-state index is 0.0903. The molecule has 1 fully saturated rings. The Bertz CT molecular complexity index is 419. The van der Waals surface area contributed by atoms with E-state index in [-0.39, 0.29) is 18.5 Å². The van der Waals surface area contributed by atoms with Crippen molar-refractivity contribution >= 4 is 5.91 Å². The minimum atomic E-state index is 0.0903. The Kier molecular flexibility index (Phi) is 4.93. The number of hydrogen-bond donors (Lipinski definition) is 0. The summed E-state index contributed by atoms with van der Waals surface area (Å²) in [7, 11) is 1.67.